The molecule has 0 saturated heterocycles. The molecule has 45 heavy (non-hydrogen) atoms. The number of carbonyl (C=O) groups excluding carboxylic acids is 4. The molecule has 9 nitrogen and oxygen atoms in total. The number of hydrogen-bond donors (Lipinski definition) is 3. The Hall–Kier alpha value is -3.06. The summed E-state index contributed by atoms with van der Waals surface area (Å²) in [7, 11) is 0. The molecule has 0 spiro atoms. The summed E-state index contributed by atoms with van der Waals surface area (Å²) in [5.41, 5.74) is 0.496. The van der Waals surface area contributed by atoms with Crippen LogP contribution >= 0.6 is 0 Å². The topological polar surface area (TPSA) is 130 Å². The summed E-state index contributed by atoms with van der Waals surface area (Å²) in [6, 6.07) is 6.49. The summed E-state index contributed by atoms with van der Waals surface area (Å²) >= 11 is -2.19. The van der Waals surface area contributed by atoms with Gasteiger partial charge in [-0.25, -0.2) is 0 Å². The number of nitrogens with zero attached hydrogens (tertiary/aromatic N) is 2. The van der Waals surface area contributed by atoms with Crippen molar-refractivity contribution in [2.24, 2.45) is 11.8 Å². The van der Waals surface area contributed by atoms with E-state index in [9.17, 15) is 19.2 Å². The molecular formula is C35H54AsN5O4. The predicted octanol–water partition coefficient (Wildman–Crippen LogP) is 4.95. The number of unbranched alkanes of at least 4 members (excludes halogenated alkanes) is 8. The van der Waals surface area contributed by atoms with Crippen molar-refractivity contribution in [2.45, 2.75) is 109 Å². The summed E-state index contributed by atoms with van der Waals surface area (Å²) in [5.74, 6) is -0.175. The molecule has 0 aromatic carbocycles. The molecule has 2 rings (SSSR count). The molecule has 248 valence electrons. The number of hydrogen-bond acceptors (Lipinski definition) is 6. The van der Waals surface area contributed by atoms with E-state index < -0.39 is 20.7 Å². The van der Waals surface area contributed by atoms with E-state index in [0.29, 0.717) is 18.7 Å². The van der Waals surface area contributed by atoms with Crippen molar-refractivity contribution in [3.05, 3.63) is 54.6 Å². The second-order valence-electron chi connectivity index (χ2n) is 11.9. The molecule has 0 aliphatic heterocycles. The molecule has 10 heteroatoms. The van der Waals surface area contributed by atoms with Gasteiger partial charge in [-0.1, -0.05) is 20.3 Å². The van der Waals surface area contributed by atoms with Crippen molar-refractivity contribution in [1.82, 2.24) is 25.9 Å². The molecule has 2 aromatic heterocycles. The van der Waals surface area contributed by atoms with Crippen LogP contribution in [0.5, 0.6) is 0 Å². The van der Waals surface area contributed by atoms with Gasteiger partial charge in [0.1, 0.15) is 6.04 Å². The minimum atomic E-state index is -2.19. The molecule has 0 aliphatic carbocycles. The van der Waals surface area contributed by atoms with Gasteiger partial charge in [0, 0.05) is 24.5 Å². The Morgan fingerprint density at radius 2 is 1.18 bits per heavy atom. The third-order valence-electron chi connectivity index (χ3n) is 8.50. The Bertz CT molecular complexity index is 1140. The Kier molecular flexibility index (Phi) is 19.0. The van der Waals surface area contributed by atoms with Gasteiger partial charge in [0.15, 0.2) is 0 Å². The van der Waals surface area contributed by atoms with Crippen LogP contribution in [0.3, 0.4) is 0 Å². The zero-order valence-electron chi connectivity index (χ0n) is 27.7. The zero-order chi connectivity index (χ0) is 32.9. The van der Waals surface area contributed by atoms with Gasteiger partial charge in [0.2, 0.25) is 5.91 Å². The van der Waals surface area contributed by atoms with Crippen LogP contribution < -0.4 is 20.3 Å². The van der Waals surface area contributed by atoms with Crippen molar-refractivity contribution in [3.63, 3.8) is 0 Å². The fourth-order valence-corrected chi connectivity index (χ4v) is 9.76. The molecule has 2 heterocycles. The SMILES string of the molecule is CCC(C)[C@H](NC(=O)c1ccncc1)C(=O)NCCCCCCCCCCCNC(=O)[C@H](C(C)CC)[As](C=O)c1ccncc1. The van der Waals surface area contributed by atoms with Gasteiger partial charge in [-0.2, -0.15) is 0 Å². The molecule has 0 fully saturated rings. The molecule has 5 atom stereocenters. The van der Waals surface area contributed by atoms with Crippen LogP contribution in [0.15, 0.2) is 49.1 Å². The number of aromatic nitrogens is 2. The summed E-state index contributed by atoms with van der Waals surface area (Å²) in [6.45, 7) is 9.41. The third kappa shape index (κ3) is 13.9. The molecule has 0 bridgehead atoms. The van der Waals surface area contributed by atoms with Crippen LogP contribution in [0.2, 0.25) is 4.71 Å². The maximum absolute atomic E-state index is 13.1. The Balaban J connectivity index is 1.56. The van der Waals surface area contributed by atoms with Gasteiger partial charge in [0.05, 0.1) is 0 Å². The Morgan fingerprint density at radius 3 is 1.67 bits per heavy atom. The van der Waals surface area contributed by atoms with Crippen LogP contribution in [-0.4, -0.2) is 66.5 Å². The molecular weight excluding hydrogens is 629 g/mol. The van der Waals surface area contributed by atoms with E-state index in [1.54, 1.807) is 36.9 Å². The van der Waals surface area contributed by atoms with E-state index in [0.717, 1.165) is 60.8 Å². The van der Waals surface area contributed by atoms with Crippen LogP contribution in [0, 0.1) is 11.8 Å². The van der Waals surface area contributed by atoms with Gasteiger partial charge >= 0.3 is 163 Å². The standard InChI is InChI=1S/C35H54AsN5O4/c1-5-27(3)31(36(26-42)30-18-24-38-25-19-30)34(44)39-20-14-12-10-8-7-9-11-13-15-21-40-35(45)32(28(4)6-2)41-33(43)29-16-22-37-23-17-29/h16-19,22-28,31-32H,5-15,20-21H2,1-4H3,(H,39,44)(H,40,45)(H,41,43)/t27?,28?,31-,32-,36?/m0/s1. The minimum absolute atomic E-state index is 0.0227. The van der Waals surface area contributed by atoms with Crippen molar-refractivity contribution in [1.29, 1.82) is 0 Å². The van der Waals surface area contributed by atoms with E-state index in [2.05, 4.69) is 39.8 Å². The number of pyridine rings is 2. The van der Waals surface area contributed by atoms with Gasteiger partial charge in [0.25, 0.3) is 5.91 Å². The number of rotatable bonds is 23. The second-order valence-corrected chi connectivity index (χ2v) is 16.3. The summed E-state index contributed by atoms with van der Waals surface area (Å²) < 4.78 is 0.742. The van der Waals surface area contributed by atoms with Crippen molar-refractivity contribution in [3.8, 4) is 0 Å². The van der Waals surface area contributed by atoms with E-state index in [1.165, 1.54) is 19.3 Å². The Labute approximate surface area is 274 Å². The molecule has 2 aromatic rings. The third-order valence-corrected chi connectivity index (χ3v) is 13.7. The molecule has 0 saturated carbocycles. The number of nitrogens with one attached hydrogen (secondary N) is 3. The molecule has 3 N–H and O–H groups in total. The first kappa shape index (κ1) is 38.1. The average Bonchev–Trinajstić information content (AvgIpc) is 3.07. The van der Waals surface area contributed by atoms with E-state index in [-0.39, 0.29) is 34.3 Å². The molecule has 3 unspecified atom stereocenters. The normalized spacial score (nSPS) is 14.4. The molecule has 3 amide bonds. The van der Waals surface area contributed by atoms with Gasteiger partial charge < -0.3 is 10.6 Å². The monoisotopic (exact) mass is 683 g/mol. The second kappa shape index (κ2) is 22.4. The molecule has 0 radical (unpaired) electrons. The quantitative estimate of drug-likeness (QED) is 0.0864. The van der Waals surface area contributed by atoms with Crippen LogP contribution in [0.4, 0.5) is 0 Å². The number of amides is 3. The molecule has 0 aliphatic rings. The van der Waals surface area contributed by atoms with Crippen molar-refractivity contribution < 1.29 is 19.2 Å². The van der Waals surface area contributed by atoms with Crippen LogP contribution in [0.25, 0.3) is 0 Å². The first-order valence-corrected chi connectivity index (χ1v) is 19.8. The summed E-state index contributed by atoms with van der Waals surface area (Å²) in [6.07, 6.45) is 18.0. The van der Waals surface area contributed by atoms with Crippen LogP contribution in [0.1, 0.15) is 109 Å². The predicted molar refractivity (Wildman–Crippen MR) is 182 cm³/mol. The fraction of sp³-hybridized carbons (Fsp3) is 0.600. The van der Waals surface area contributed by atoms with Gasteiger partial charge in [-0.05, 0) is 24.5 Å². The zero-order valence-corrected chi connectivity index (χ0v) is 29.5. The average molecular weight is 684 g/mol. The summed E-state index contributed by atoms with van der Waals surface area (Å²) in [4.78, 5) is 58.6. The number of carbonyl (C=O) groups is 4. The van der Waals surface area contributed by atoms with E-state index in [1.807, 2.05) is 26.0 Å². The van der Waals surface area contributed by atoms with Crippen molar-refractivity contribution >= 4 is 41.8 Å². The Morgan fingerprint density at radius 1 is 0.711 bits per heavy atom. The van der Waals surface area contributed by atoms with Crippen molar-refractivity contribution in [2.75, 3.05) is 13.1 Å². The fourth-order valence-electron chi connectivity index (χ4n) is 5.24. The van der Waals surface area contributed by atoms with Gasteiger partial charge in [-0.15, -0.1) is 0 Å². The van der Waals surface area contributed by atoms with E-state index in [4.69, 9.17) is 0 Å². The maximum atomic E-state index is 13.1. The first-order chi connectivity index (χ1) is 21.8. The van der Waals surface area contributed by atoms with E-state index >= 15 is 0 Å². The summed E-state index contributed by atoms with van der Waals surface area (Å²) in [5, 5.41) is 10.1. The van der Waals surface area contributed by atoms with Gasteiger partial charge in [-0.3, -0.25) is 14.6 Å². The van der Waals surface area contributed by atoms with Crippen LogP contribution in [-0.2, 0) is 14.4 Å². The first-order valence-electron chi connectivity index (χ1n) is 16.7.